The van der Waals surface area contributed by atoms with Crippen molar-refractivity contribution in [1.29, 1.82) is 0 Å². The molecule has 0 spiro atoms. The van der Waals surface area contributed by atoms with Crippen LogP contribution in [0.15, 0.2) is 18.2 Å². The van der Waals surface area contributed by atoms with Crippen LogP contribution in [0.4, 0.5) is 0 Å². The molecule has 1 heterocycles. The van der Waals surface area contributed by atoms with E-state index < -0.39 is 11.5 Å². The van der Waals surface area contributed by atoms with Crippen LogP contribution in [-0.4, -0.2) is 23.2 Å². The van der Waals surface area contributed by atoms with Crippen molar-refractivity contribution in [3.63, 3.8) is 0 Å². The van der Waals surface area contributed by atoms with Gasteiger partial charge in [0.1, 0.15) is 5.54 Å². The number of carbonyl (C=O) groups is 1. The average molecular weight is 319 g/mol. The Morgan fingerprint density at radius 1 is 1.22 bits per heavy atom. The van der Waals surface area contributed by atoms with Gasteiger partial charge in [0.05, 0.1) is 13.2 Å². The minimum atomic E-state index is -0.897. The monoisotopic (exact) mass is 319 g/mol. The third-order valence-corrected chi connectivity index (χ3v) is 4.57. The van der Waals surface area contributed by atoms with E-state index in [-0.39, 0.29) is 5.41 Å². The van der Waals surface area contributed by atoms with Gasteiger partial charge in [-0.3, -0.25) is 10.1 Å². The van der Waals surface area contributed by atoms with Gasteiger partial charge in [-0.1, -0.05) is 39.0 Å². The molecule has 1 aromatic carbocycles. The van der Waals surface area contributed by atoms with Crippen LogP contribution in [0, 0.1) is 5.41 Å². The SMILES string of the molecule is CC(C)(C)CCC(C)(NCc1ccc2c(c1)CCOC2)C(=O)O. The summed E-state index contributed by atoms with van der Waals surface area (Å²) in [5.41, 5.74) is 2.93. The van der Waals surface area contributed by atoms with Crippen LogP contribution in [-0.2, 0) is 29.1 Å². The number of carboxylic acid groups (broad SMARTS) is 1. The van der Waals surface area contributed by atoms with Crippen LogP contribution < -0.4 is 5.32 Å². The molecule has 1 aliphatic heterocycles. The summed E-state index contributed by atoms with van der Waals surface area (Å²) >= 11 is 0. The number of nitrogens with one attached hydrogen (secondary N) is 1. The summed E-state index contributed by atoms with van der Waals surface area (Å²) in [7, 11) is 0. The van der Waals surface area contributed by atoms with E-state index in [2.05, 4.69) is 44.3 Å². The average Bonchev–Trinajstić information content (AvgIpc) is 2.50. The zero-order valence-corrected chi connectivity index (χ0v) is 14.7. The number of carboxylic acids is 1. The van der Waals surface area contributed by atoms with E-state index in [1.165, 1.54) is 11.1 Å². The molecule has 1 aliphatic rings. The first-order valence-electron chi connectivity index (χ1n) is 8.36. The molecule has 4 nitrogen and oxygen atoms in total. The third-order valence-electron chi connectivity index (χ3n) is 4.57. The zero-order valence-electron chi connectivity index (χ0n) is 14.7. The normalized spacial score (nSPS) is 17.4. The molecule has 23 heavy (non-hydrogen) atoms. The Balaban J connectivity index is 2.02. The number of rotatable bonds is 6. The van der Waals surface area contributed by atoms with Crippen molar-refractivity contribution >= 4 is 5.97 Å². The van der Waals surface area contributed by atoms with Gasteiger partial charge in [-0.05, 0) is 48.3 Å². The molecule has 0 aliphatic carbocycles. The number of hydrogen-bond acceptors (Lipinski definition) is 3. The van der Waals surface area contributed by atoms with Crippen molar-refractivity contribution in [3.05, 3.63) is 34.9 Å². The van der Waals surface area contributed by atoms with Crippen LogP contribution in [0.3, 0.4) is 0 Å². The van der Waals surface area contributed by atoms with Gasteiger partial charge in [0.2, 0.25) is 0 Å². The molecule has 1 aromatic rings. The van der Waals surface area contributed by atoms with Gasteiger partial charge in [-0.15, -0.1) is 0 Å². The van der Waals surface area contributed by atoms with Crippen molar-refractivity contribution in [3.8, 4) is 0 Å². The Kier molecular flexibility index (Phi) is 5.48. The summed E-state index contributed by atoms with van der Waals surface area (Å²) < 4.78 is 5.45. The lowest BCUT2D eigenvalue weighted by molar-refractivity contribution is -0.144. The van der Waals surface area contributed by atoms with Crippen molar-refractivity contribution in [2.45, 2.75) is 65.6 Å². The fourth-order valence-electron chi connectivity index (χ4n) is 2.72. The van der Waals surface area contributed by atoms with Crippen molar-refractivity contribution in [2.24, 2.45) is 5.41 Å². The fourth-order valence-corrected chi connectivity index (χ4v) is 2.72. The van der Waals surface area contributed by atoms with Crippen LogP contribution >= 0.6 is 0 Å². The molecule has 0 amide bonds. The van der Waals surface area contributed by atoms with Crippen LogP contribution in [0.25, 0.3) is 0 Å². The smallest absolute Gasteiger partial charge is 0.323 e. The summed E-state index contributed by atoms with van der Waals surface area (Å²) in [5, 5.41) is 12.9. The van der Waals surface area contributed by atoms with Crippen molar-refractivity contribution < 1.29 is 14.6 Å². The maximum Gasteiger partial charge on any atom is 0.323 e. The highest BCUT2D eigenvalue weighted by molar-refractivity contribution is 5.78. The molecule has 0 bridgehead atoms. The highest BCUT2D eigenvalue weighted by Crippen LogP contribution is 2.26. The predicted molar refractivity (Wildman–Crippen MR) is 91.4 cm³/mol. The molecule has 0 radical (unpaired) electrons. The van der Waals surface area contributed by atoms with Crippen LogP contribution in [0.5, 0.6) is 0 Å². The molecule has 0 aromatic heterocycles. The molecule has 1 atom stereocenters. The summed E-state index contributed by atoms with van der Waals surface area (Å²) in [5.74, 6) is -0.784. The lowest BCUT2D eigenvalue weighted by Crippen LogP contribution is -2.49. The van der Waals surface area contributed by atoms with Gasteiger partial charge in [0.15, 0.2) is 0 Å². The Morgan fingerprint density at radius 2 is 1.96 bits per heavy atom. The van der Waals surface area contributed by atoms with Crippen LogP contribution in [0.1, 0.15) is 57.2 Å². The first-order valence-corrected chi connectivity index (χ1v) is 8.36. The van der Waals surface area contributed by atoms with Gasteiger partial charge in [-0.2, -0.15) is 0 Å². The van der Waals surface area contributed by atoms with E-state index in [1.807, 2.05) is 0 Å². The van der Waals surface area contributed by atoms with Crippen LogP contribution in [0.2, 0.25) is 0 Å². The summed E-state index contributed by atoms with van der Waals surface area (Å²) in [6, 6.07) is 6.34. The molecule has 128 valence electrons. The first-order chi connectivity index (χ1) is 10.7. The van der Waals surface area contributed by atoms with Gasteiger partial charge in [-0.25, -0.2) is 0 Å². The fraction of sp³-hybridized carbons (Fsp3) is 0.632. The third kappa shape index (κ3) is 5.05. The lowest BCUT2D eigenvalue weighted by atomic mass is 9.84. The Bertz CT molecular complexity index is 562. The van der Waals surface area contributed by atoms with E-state index in [0.29, 0.717) is 19.6 Å². The maximum atomic E-state index is 11.7. The summed E-state index contributed by atoms with van der Waals surface area (Å²) in [6.07, 6.45) is 2.42. The largest absolute Gasteiger partial charge is 0.480 e. The highest BCUT2D eigenvalue weighted by Gasteiger charge is 2.33. The molecular weight excluding hydrogens is 290 g/mol. The Morgan fingerprint density at radius 3 is 2.61 bits per heavy atom. The summed E-state index contributed by atoms with van der Waals surface area (Å²) in [6.45, 7) is 10.2. The van der Waals surface area contributed by atoms with Gasteiger partial charge < -0.3 is 9.84 Å². The first kappa shape index (κ1) is 18.0. The van der Waals surface area contributed by atoms with E-state index in [4.69, 9.17) is 4.74 Å². The summed E-state index contributed by atoms with van der Waals surface area (Å²) in [4.78, 5) is 11.7. The molecule has 0 fully saturated rings. The molecule has 1 unspecified atom stereocenters. The Hall–Kier alpha value is -1.39. The quantitative estimate of drug-likeness (QED) is 0.842. The lowest BCUT2D eigenvalue weighted by Gasteiger charge is -2.30. The number of benzene rings is 1. The zero-order chi connectivity index (χ0) is 17.1. The standard InChI is InChI=1S/C19H29NO3/c1-18(2,3)8-9-19(4,17(21)22)20-12-14-5-6-16-13-23-10-7-15(16)11-14/h5-6,11,20H,7-10,12-13H2,1-4H3,(H,21,22). The molecular formula is C19H29NO3. The number of aliphatic carboxylic acids is 1. The Labute approximate surface area is 139 Å². The molecule has 0 saturated carbocycles. The number of fused-ring (bicyclic) bond motifs is 1. The number of hydrogen-bond donors (Lipinski definition) is 2. The molecule has 2 rings (SSSR count). The van der Waals surface area contributed by atoms with Crippen molar-refractivity contribution in [1.82, 2.24) is 5.32 Å². The highest BCUT2D eigenvalue weighted by atomic mass is 16.5. The van der Waals surface area contributed by atoms with E-state index in [9.17, 15) is 9.90 Å². The van der Waals surface area contributed by atoms with E-state index in [0.717, 1.165) is 25.0 Å². The second-order valence-electron chi connectivity index (χ2n) is 7.96. The maximum absolute atomic E-state index is 11.7. The second-order valence-corrected chi connectivity index (χ2v) is 7.96. The van der Waals surface area contributed by atoms with Gasteiger partial charge >= 0.3 is 5.97 Å². The predicted octanol–water partition coefficient (Wildman–Crippen LogP) is 3.52. The second kappa shape index (κ2) is 7.02. The number of ether oxygens (including phenoxy) is 1. The topological polar surface area (TPSA) is 58.6 Å². The van der Waals surface area contributed by atoms with Gasteiger partial charge in [0, 0.05) is 6.54 Å². The minimum absolute atomic E-state index is 0.129. The molecule has 4 heteroatoms. The van der Waals surface area contributed by atoms with E-state index >= 15 is 0 Å². The molecule has 0 saturated heterocycles. The van der Waals surface area contributed by atoms with Crippen molar-refractivity contribution in [2.75, 3.05) is 6.61 Å². The minimum Gasteiger partial charge on any atom is -0.480 e. The van der Waals surface area contributed by atoms with Gasteiger partial charge in [0.25, 0.3) is 0 Å². The van der Waals surface area contributed by atoms with E-state index in [1.54, 1.807) is 6.92 Å². The molecule has 2 N–H and O–H groups in total.